The molecule has 3 aromatic rings. The highest BCUT2D eigenvalue weighted by molar-refractivity contribution is 6.01. The number of benzene rings is 2. The number of aliphatic hydroxyl groups excluding tert-OH is 1. The van der Waals surface area contributed by atoms with E-state index in [1.54, 1.807) is 24.4 Å². The minimum atomic E-state index is -1.03. The van der Waals surface area contributed by atoms with Crippen molar-refractivity contribution >= 4 is 17.8 Å². The summed E-state index contributed by atoms with van der Waals surface area (Å²) in [4.78, 5) is 43.6. The first-order valence-electron chi connectivity index (χ1n) is 14.0. The lowest BCUT2D eigenvalue weighted by molar-refractivity contribution is -0.141. The number of nitrogens with one attached hydrogen (secondary N) is 2. The molecule has 2 heterocycles. The molecule has 216 valence electrons. The van der Waals surface area contributed by atoms with Gasteiger partial charge in [-0.15, -0.1) is 0 Å². The Morgan fingerprint density at radius 3 is 2.49 bits per heavy atom. The number of aromatic nitrogens is 1. The van der Waals surface area contributed by atoms with Crippen LogP contribution in [0, 0.1) is 0 Å². The maximum absolute atomic E-state index is 13.3. The number of amides is 2. The molecule has 2 aromatic carbocycles. The third kappa shape index (κ3) is 7.99. The fraction of sp³-hybridized carbons (Fsp3) is 0.375. The molecule has 1 aliphatic rings. The lowest BCUT2D eigenvalue weighted by Crippen LogP contribution is -2.48. The van der Waals surface area contributed by atoms with E-state index in [4.69, 9.17) is 0 Å². The van der Waals surface area contributed by atoms with E-state index in [0.29, 0.717) is 38.3 Å². The summed E-state index contributed by atoms with van der Waals surface area (Å²) in [7, 11) is 0. The first-order chi connectivity index (χ1) is 19.7. The second-order valence-electron chi connectivity index (χ2n) is 10.8. The van der Waals surface area contributed by atoms with Crippen LogP contribution in [0.2, 0.25) is 0 Å². The molecule has 1 saturated heterocycles. The number of carboxylic acids is 1. The van der Waals surface area contributed by atoms with Gasteiger partial charge in [0.15, 0.2) is 0 Å². The molecule has 0 bridgehead atoms. The maximum Gasteiger partial charge on any atom is 0.326 e. The van der Waals surface area contributed by atoms with Gasteiger partial charge in [0.2, 0.25) is 0 Å². The second-order valence-corrected chi connectivity index (χ2v) is 10.8. The number of aliphatic hydroxyl groups is 1. The van der Waals surface area contributed by atoms with Crippen molar-refractivity contribution < 1.29 is 24.6 Å². The Hall–Kier alpha value is -4.08. The normalized spacial score (nSPS) is 16.4. The third-order valence-corrected chi connectivity index (χ3v) is 7.42. The predicted molar refractivity (Wildman–Crippen MR) is 156 cm³/mol. The van der Waals surface area contributed by atoms with E-state index in [0.717, 1.165) is 16.7 Å². The molecule has 1 fully saturated rings. The number of carboxylic acid groups (broad SMARTS) is 1. The Bertz CT molecular complexity index is 1350. The number of nitrogens with zero attached hydrogens (tertiary/aromatic N) is 2. The molecular weight excluding hydrogens is 520 g/mol. The molecule has 41 heavy (non-hydrogen) atoms. The standard InChI is InChI=1S/C32H38N4O5/c1-21(2)26-14-23(17-33-19-26)18-34-20-29(37)27(15-22-8-4-3-5-9-22)35-30(38)24-10-6-11-25(16-24)31(39)36-13-7-12-28(36)32(40)41/h3-6,8-11,14,16-17,19,21,27-29,34,37H,7,12-13,15,18,20H2,1-2H3,(H,35,38)(H,40,41)/t27?,28?,29-/m1/s1. The van der Waals surface area contributed by atoms with Crippen LogP contribution < -0.4 is 10.6 Å². The minimum Gasteiger partial charge on any atom is -0.480 e. The van der Waals surface area contributed by atoms with Crippen molar-refractivity contribution in [3.05, 3.63) is 101 Å². The molecule has 9 heteroatoms. The zero-order valence-corrected chi connectivity index (χ0v) is 23.5. The summed E-state index contributed by atoms with van der Waals surface area (Å²) in [5.41, 5.74) is 3.63. The highest BCUT2D eigenvalue weighted by Crippen LogP contribution is 2.21. The van der Waals surface area contributed by atoms with Gasteiger partial charge < -0.3 is 25.7 Å². The van der Waals surface area contributed by atoms with Gasteiger partial charge in [0.05, 0.1) is 12.1 Å². The van der Waals surface area contributed by atoms with Crippen LogP contribution in [0.25, 0.3) is 0 Å². The Morgan fingerprint density at radius 1 is 1.00 bits per heavy atom. The summed E-state index contributed by atoms with van der Waals surface area (Å²) in [5.74, 6) is -1.50. The van der Waals surface area contributed by atoms with Crippen molar-refractivity contribution in [2.75, 3.05) is 13.1 Å². The van der Waals surface area contributed by atoms with E-state index in [1.165, 1.54) is 11.0 Å². The largest absolute Gasteiger partial charge is 0.480 e. The number of aliphatic carboxylic acids is 1. The van der Waals surface area contributed by atoms with Gasteiger partial charge in [-0.25, -0.2) is 4.79 Å². The van der Waals surface area contributed by atoms with Gasteiger partial charge in [0, 0.05) is 43.2 Å². The van der Waals surface area contributed by atoms with Gasteiger partial charge >= 0.3 is 5.97 Å². The number of hydrogen-bond acceptors (Lipinski definition) is 6. The number of likely N-dealkylation sites (tertiary alicyclic amines) is 1. The van der Waals surface area contributed by atoms with Crippen molar-refractivity contribution in [1.29, 1.82) is 0 Å². The molecule has 4 N–H and O–H groups in total. The van der Waals surface area contributed by atoms with Crippen LogP contribution in [0.1, 0.15) is 70.0 Å². The first kappa shape index (κ1) is 29.9. The Balaban J connectivity index is 1.44. The fourth-order valence-electron chi connectivity index (χ4n) is 5.06. The van der Waals surface area contributed by atoms with E-state index < -0.39 is 36.0 Å². The fourth-order valence-corrected chi connectivity index (χ4v) is 5.06. The Labute approximate surface area is 240 Å². The first-order valence-corrected chi connectivity index (χ1v) is 14.0. The Kier molecular flexibility index (Phi) is 10.2. The van der Waals surface area contributed by atoms with Gasteiger partial charge in [-0.3, -0.25) is 14.6 Å². The highest BCUT2D eigenvalue weighted by atomic mass is 16.4. The number of pyridine rings is 1. The maximum atomic E-state index is 13.3. The molecule has 2 amide bonds. The molecule has 3 atom stereocenters. The van der Waals surface area contributed by atoms with Crippen LogP contribution in [0.3, 0.4) is 0 Å². The zero-order chi connectivity index (χ0) is 29.4. The van der Waals surface area contributed by atoms with Crippen molar-refractivity contribution in [2.24, 2.45) is 0 Å². The van der Waals surface area contributed by atoms with Crippen LogP contribution in [-0.4, -0.2) is 69.2 Å². The van der Waals surface area contributed by atoms with Gasteiger partial charge in [-0.1, -0.05) is 56.3 Å². The monoisotopic (exact) mass is 558 g/mol. The summed E-state index contributed by atoms with van der Waals surface area (Å²) in [6.45, 7) is 5.35. The van der Waals surface area contributed by atoms with E-state index in [2.05, 4.69) is 35.5 Å². The molecule has 1 aliphatic heterocycles. The molecular formula is C32H38N4O5. The molecule has 2 unspecified atom stereocenters. The van der Waals surface area contributed by atoms with Gasteiger partial charge in [0.1, 0.15) is 6.04 Å². The van der Waals surface area contributed by atoms with Crippen molar-refractivity contribution in [2.45, 2.75) is 63.8 Å². The van der Waals surface area contributed by atoms with E-state index in [-0.39, 0.29) is 17.7 Å². The molecule has 0 aliphatic carbocycles. The quantitative estimate of drug-likeness (QED) is 0.268. The number of carbonyl (C=O) groups is 3. The average Bonchev–Trinajstić information content (AvgIpc) is 3.48. The van der Waals surface area contributed by atoms with Crippen LogP contribution in [0.4, 0.5) is 0 Å². The van der Waals surface area contributed by atoms with Crippen molar-refractivity contribution in [1.82, 2.24) is 20.5 Å². The summed E-state index contributed by atoms with van der Waals surface area (Å²) in [5, 5.41) is 26.8. The molecule has 4 rings (SSSR count). The van der Waals surface area contributed by atoms with E-state index >= 15 is 0 Å². The smallest absolute Gasteiger partial charge is 0.326 e. The SMILES string of the molecule is CC(C)c1cncc(CNC[C@@H](O)C(Cc2ccccc2)NC(=O)c2cccc(C(=O)N3CCCC3C(=O)O)c2)c1. The van der Waals surface area contributed by atoms with E-state index in [1.807, 2.05) is 36.5 Å². The predicted octanol–water partition coefficient (Wildman–Crippen LogP) is 3.39. The number of rotatable bonds is 12. The van der Waals surface area contributed by atoms with Gasteiger partial charge in [-0.2, -0.15) is 0 Å². The summed E-state index contributed by atoms with van der Waals surface area (Å²) < 4.78 is 0. The molecule has 9 nitrogen and oxygen atoms in total. The minimum absolute atomic E-state index is 0.244. The molecule has 1 aromatic heterocycles. The summed E-state index contributed by atoms with van der Waals surface area (Å²) in [6.07, 6.45) is 4.19. The summed E-state index contributed by atoms with van der Waals surface area (Å²) >= 11 is 0. The third-order valence-electron chi connectivity index (χ3n) is 7.42. The molecule has 0 radical (unpaired) electrons. The average molecular weight is 559 g/mol. The van der Waals surface area contributed by atoms with Gasteiger partial charge in [-0.05, 0) is 60.1 Å². The van der Waals surface area contributed by atoms with Crippen LogP contribution >= 0.6 is 0 Å². The lowest BCUT2D eigenvalue weighted by Gasteiger charge is -2.25. The number of carbonyl (C=O) groups excluding carboxylic acids is 2. The zero-order valence-electron chi connectivity index (χ0n) is 23.5. The second kappa shape index (κ2) is 14.0. The van der Waals surface area contributed by atoms with Crippen molar-refractivity contribution in [3.63, 3.8) is 0 Å². The van der Waals surface area contributed by atoms with Crippen LogP contribution in [-0.2, 0) is 17.8 Å². The van der Waals surface area contributed by atoms with Crippen LogP contribution in [0.5, 0.6) is 0 Å². The van der Waals surface area contributed by atoms with E-state index in [9.17, 15) is 24.6 Å². The Morgan fingerprint density at radius 2 is 1.76 bits per heavy atom. The molecule has 0 saturated carbocycles. The van der Waals surface area contributed by atoms with Crippen molar-refractivity contribution in [3.8, 4) is 0 Å². The lowest BCUT2D eigenvalue weighted by atomic mass is 10.00. The summed E-state index contributed by atoms with van der Waals surface area (Å²) in [6, 6.07) is 16.5. The number of hydrogen-bond donors (Lipinski definition) is 4. The highest BCUT2D eigenvalue weighted by Gasteiger charge is 2.34. The topological polar surface area (TPSA) is 132 Å². The molecule has 0 spiro atoms. The van der Waals surface area contributed by atoms with Crippen LogP contribution in [0.15, 0.2) is 73.1 Å². The van der Waals surface area contributed by atoms with Gasteiger partial charge in [0.25, 0.3) is 11.8 Å².